The fourth-order valence-corrected chi connectivity index (χ4v) is 2.25. The predicted octanol–water partition coefficient (Wildman–Crippen LogP) is 0.942. The van der Waals surface area contributed by atoms with Crippen LogP contribution in [0.4, 0.5) is 5.69 Å². The summed E-state index contributed by atoms with van der Waals surface area (Å²) in [6, 6.07) is 6.47. The van der Waals surface area contributed by atoms with Gasteiger partial charge in [-0.1, -0.05) is 23.7 Å². The molecule has 1 heterocycles. The average molecular weight is 283 g/mol. The van der Waals surface area contributed by atoms with Crippen molar-refractivity contribution in [1.29, 1.82) is 0 Å². The van der Waals surface area contributed by atoms with E-state index < -0.39 is 18.1 Å². The first-order valence-electron chi connectivity index (χ1n) is 6.05. The van der Waals surface area contributed by atoms with Crippen LogP contribution in [0.15, 0.2) is 24.3 Å². The molecule has 1 aromatic rings. The summed E-state index contributed by atoms with van der Waals surface area (Å²) in [6.45, 7) is 1.86. The van der Waals surface area contributed by atoms with Crippen molar-refractivity contribution in [3.8, 4) is 0 Å². The van der Waals surface area contributed by atoms with Gasteiger partial charge in [-0.15, -0.1) is 0 Å². The number of nitrogens with zero attached hydrogens (tertiary/aromatic N) is 1. The Morgan fingerprint density at radius 2 is 2.21 bits per heavy atom. The summed E-state index contributed by atoms with van der Waals surface area (Å²) in [5, 5.41) is 12.2. The third-order valence-corrected chi connectivity index (χ3v) is 3.36. The standard InChI is InChI=1S/C13H15ClN2O3/c1-8(17)12(18)15-10-6-7-16(13(10)19)11-5-3-2-4-9(11)14/h2-5,8,10,17H,6-7H2,1H3,(H,15,18). The zero-order valence-electron chi connectivity index (χ0n) is 10.5. The molecule has 0 aromatic heterocycles. The molecule has 2 rings (SSSR count). The van der Waals surface area contributed by atoms with Gasteiger partial charge in [0.25, 0.3) is 0 Å². The quantitative estimate of drug-likeness (QED) is 0.867. The van der Waals surface area contributed by atoms with Crippen molar-refractivity contribution in [3.05, 3.63) is 29.3 Å². The number of rotatable bonds is 3. The van der Waals surface area contributed by atoms with Crippen molar-refractivity contribution in [1.82, 2.24) is 5.32 Å². The summed E-state index contributed by atoms with van der Waals surface area (Å²) in [7, 11) is 0. The van der Waals surface area contributed by atoms with E-state index in [0.717, 1.165) is 0 Å². The molecule has 2 amide bonds. The molecule has 0 spiro atoms. The molecule has 0 radical (unpaired) electrons. The van der Waals surface area contributed by atoms with Crippen molar-refractivity contribution >= 4 is 29.1 Å². The highest BCUT2D eigenvalue weighted by atomic mass is 35.5. The predicted molar refractivity (Wildman–Crippen MR) is 72.0 cm³/mol. The van der Waals surface area contributed by atoms with Crippen LogP contribution in [0.1, 0.15) is 13.3 Å². The van der Waals surface area contributed by atoms with Crippen molar-refractivity contribution in [3.63, 3.8) is 0 Å². The molecule has 1 aliphatic rings. The molecule has 5 nitrogen and oxygen atoms in total. The number of amides is 2. The van der Waals surface area contributed by atoms with E-state index in [2.05, 4.69) is 5.32 Å². The summed E-state index contributed by atoms with van der Waals surface area (Å²) in [5.41, 5.74) is 0.642. The Hall–Kier alpha value is -1.59. The normalized spacial score (nSPS) is 20.5. The summed E-state index contributed by atoms with van der Waals surface area (Å²) in [4.78, 5) is 25.1. The molecule has 0 bridgehead atoms. The maximum atomic E-state index is 12.2. The van der Waals surface area contributed by atoms with Crippen LogP contribution in [0.2, 0.25) is 5.02 Å². The fraction of sp³-hybridized carbons (Fsp3) is 0.385. The lowest BCUT2D eigenvalue weighted by molar-refractivity contribution is -0.131. The van der Waals surface area contributed by atoms with E-state index in [4.69, 9.17) is 16.7 Å². The van der Waals surface area contributed by atoms with Gasteiger partial charge >= 0.3 is 0 Å². The molecule has 1 fully saturated rings. The first-order valence-corrected chi connectivity index (χ1v) is 6.43. The lowest BCUT2D eigenvalue weighted by Crippen LogP contribution is -2.45. The topological polar surface area (TPSA) is 69.6 Å². The fourth-order valence-electron chi connectivity index (χ4n) is 2.02. The second-order valence-electron chi connectivity index (χ2n) is 4.47. The number of halogens is 1. The first kappa shape index (κ1) is 13.8. The van der Waals surface area contributed by atoms with E-state index in [9.17, 15) is 9.59 Å². The molecule has 19 heavy (non-hydrogen) atoms. The minimum absolute atomic E-state index is 0.206. The van der Waals surface area contributed by atoms with Crippen LogP contribution in [-0.2, 0) is 9.59 Å². The van der Waals surface area contributed by atoms with E-state index in [0.29, 0.717) is 23.7 Å². The molecule has 0 aliphatic carbocycles. The molecule has 102 valence electrons. The number of aliphatic hydroxyl groups is 1. The number of nitrogens with one attached hydrogen (secondary N) is 1. The van der Waals surface area contributed by atoms with Gasteiger partial charge in [-0.3, -0.25) is 9.59 Å². The molecule has 1 saturated heterocycles. The van der Waals surface area contributed by atoms with E-state index in [1.165, 1.54) is 6.92 Å². The highest BCUT2D eigenvalue weighted by Gasteiger charge is 2.34. The number of para-hydroxylation sites is 1. The van der Waals surface area contributed by atoms with E-state index in [1.807, 2.05) is 0 Å². The van der Waals surface area contributed by atoms with Gasteiger partial charge in [0.1, 0.15) is 12.1 Å². The van der Waals surface area contributed by atoms with Crippen LogP contribution in [0, 0.1) is 0 Å². The molecular weight excluding hydrogens is 268 g/mol. The number of hydrogen-bond donors (Lipinski definition) is 2. The lowest BCUT2D eigenvalue weighted by atomic mass is 10.2. The van der Waals surface area contributed by atoms with Crippen LogP contribution in [0.3, 0.4) is 0 Å². The number of carbonyl (C=O) groups excluding carboxylic acids is 2. The van der Waals surface area contributed by atoms with Gasteiger partial charge in [0.2, 0.25) is 11.8 Å². The van der Waals surface area contributed by atoms with Gasteiger partial charge in [0.05, 0.1) is 10.7 Å². The van der Waals surface area contributed by atoms with Gasteiger partial charge in [0, 0.05) is 6.54 Å². The first-order chi connectivity index (χ1) is 9.00. The van der Waals surface area contributed by atoms with Gasteiger partial charge in [-0.2, -0.15) is 0 Å². The highest BCUT2D eigenvalue weighted by Crippen LogP contribution is 2.28. The largest absolute Gasteiger partial charge is 0.384 e. The molecule has 1 aliphatic heterocycles. The number of anilines is 1. The van der Waals surface area contributed by atoms with Gasteiger partial charge in [-0.05, 0) is 25.5 Å². The number of hydrogen-bond acceptors (Lipinski definition) is 3. The minimum Gasteiger partial charge on any atom is -0.384 e. The van der Waals surface area contributed by atoms with Gasteiger partial charge in [-0.25, -0.2) is 0 Å². The summed E-state index contributed by atoms with van der Waals surface area (Å²) < 4.78 is 0. The summed E-state index contributed by atoms with van der Waals surface area (Å²) >= 11 is 6.05. The molecule has 2 unspecified atom stereocenters. The Kier molecular flexibility index (Phi) is 4.07. The Bertz CT molecular complexity index is 504. The highest BCUT2D eigenvalue weighted by molar-refractivity contribution is 6.34. The minimum atomic E-state index is -1.12. The summed E-state index contributed by atoms with van der Waals surface area (Å²) in [5.74, 6) is -0.749. The average Bonchev–Trinajstić information content (AvgIpc) is 2.72. The van der Waals surface area contributed by atoms with E-state index >= 15 is 0 Å². The number of aliphatic hydroxyl groups excluding tert-OH is 1. The maximum absolute atomic E-state index is 12.2. The van der Waals surface area contributed by atoms with Crippen molar-refractivity contribution < 1.29 is 14.7 Å². The molecule has 2 atom stereocenters. The molecule has 6 heteroatoms. The van der Waals surface area contributed by atoms with Crippen molar-refractivity contribution in [2.75, 3.05) is 11.4 Å². The molecule has 1 aromatic carbocycles. The smallest absolute Gasteiger partial charge is 0.249 e. The third-order valence-electron chi connectivity index (χ3n) is 3.04. The molecule has 2 N–H and O–H groups in total. The van der Waals surface area contributed by atoms with Crippen molar-refractivity contribution in [2.24, 2.45) is 0 Å². The zero-order valence-corrected chi connectivity index (χ0v) is 11.2. The zero-order chi connectivity index (χ0) is 14.0. The Morgan fingerprint density at radius 1 is 1.53 bits per heavy atom. The Labute approximate surface area is 116 Å². The van der Waals surface area contributed by atoms with Crippen LogP contribution in [0.25, 0.3) is 0 Å². The van der Waals surface area contributed by atoms with Gasteiger partial charge in [0.15, 0.2) is 0 Å². The maximum Gasteiger partial charge on any atom is 0.249 e. The summed E-state index contributed by atoms with van der Waals surface area (Å²) in [6.07, 6.45) is -0.621. The Balaban J connectivity index is 2.10. The second kappa shape index (κ2) is 5.59. The molecular formula is C13H15ClN2O3. The second-order valence-corrected chi connectivity index (χ2v) is 4.87. The van der Waals surface area contributed by atoms with Crippen LogP contribution in [0.5, 0.6) is 0 Å². The van der Waals surface area contributed by atoms with E-state index in [1.54, 1.807) is 29.2 Å². The third kappa shape index (κ3) is 2.88. The van der Waals surface area contributed by atoms with Crippen LogP contribution in [-0.4, -0.2) is 35.6 Å². The Morgan fingerprint density at radius 3 is 2.84 bits per heavy atom. The van der Waals surface area contributed by atoms with Crippen molar-refractivity contribution in [2.45, 2.75) is 25.5 Å². The van der Waals surface area contributed by atoms with Crippen LogP contribution >= 0.6 is 11.6 Å². The lowest BCUT2D eigenvalue weighted by Gasteiger charge is -2.18. The van der Waals surface area contributed by atoms with E-state index in [-0.39, 0.29) is 5.91 Å². The monoisotopic (exact) mass is 282 g/mol. The van der Waals surface area contributed by atoms with Crippen LogP contribution < -0.4 is 10.2 Å². The number of carbonyl (C=O) groups is 2. The van der Waals surface area contributed by atoms with Gasteiger partial charge < -0.3 is 15.3 Å². The molecule has 0 saturated carbocycles. The SMILES string of the molecule is CC(O)C(=O)NC1CCN(c2ccccc2Cl)C1=O. The number of benzene rings is 1.